The summed E-state index contributed by atoms with van der Waals surface area (Å²) in [5, 5.41) is 13.5. The van der Waals surface area contributed by atoms with Gasteiger partial charge in [0.05, 0.1) is 7.11 Å². The molecule has 0 bridgehead atoms. The third-order valence-corrected chi connectivity index (χ3v) is 3.89. The zero-order valence-electron chi connectivity index (χ0n) is 13.8. The van der Waals surface area contributed by atoms with Crippen LogP contribution in [-0.4, -0.2) is 12.2 Å². The van der Waals surface area contributed by atoms with Crippen LogP contribution in [0.25, 0.3) is 0 Å². The van der Waals surface area contributed by atoms with Crippen LogP contribution in [0.1, 0.15) is 36.6 Å². The summed E-state index contributed by atoms with van der Waals surface area (Å²) in [4.78, 5) is 0. The topological polar surface area (TPSA) is 41.5 Å². The highest BCUT2D eigenvalue weighted by Crippen LogP contribution is 2.30. The lowest BCUT2D eigenvalue weighted by molar-refractivity contribution is 0.367. The maximum Gasteiger partial charge on any atom is 0.123 e. The van der Waals surface area contributed by atoms with E-state index in [9.17, 15) is 5.11 Å². The highest BCUT2D eigenvalue weighted by Gasteiger charge is 2.19. The van der Waals surface area contributed by atoms with Crippen molar-refractivity contribution < 1.29 is 9.84 Å². The largest absolute Gasteiger partial charge is 0.508 e. The van der Waals surface area contributed by atoms with Crippen LogP contribution in [0, 0.1) is 12.8 Å². The molecule has 1 atom stereocenters. The van der Waals surface area contributed by atoms with Gasteiger partial charge < -0.3 is 15.2 Å². The average Bonchev–Trinajstić information content (AvgIpc) is 2.51. The minimum Gasteiger partial charge on any atom is -0.508 e. The fourth-order valence-electron chi connectivity index (χ4n) is 2.70. The van der Waals surface area contributed by atoms with Gasteiger partial charge in [0.1, 0.15) is 11.5 Å². The molecule has 0 aromatic heterocycles. The fourth-order valence-corrected chi connectivity index (χ4v) is 2.70. The predicted octanol–water partition coefficient (Wildman–Crippen LogP) is 4.20. The number of para-hydroxylation sites is 1. The Bertz CT molecular complexity index is 623. The van der Waals surface area contributed by atoms with Crippen molar-refractivity contribution in [3.63, 3.8) is 0 Å². The molecule has 0 amide bonds. The summed E-state index contributed by atoms with van der Waals surface area (Å²) < 4.78 is 5.48. The van der Waals surface area contributed by atoms with Gasteiger partial charge in [-0.2, -0.15) is 0 Å². The number of methoxy groups -OCH3 is 1. The van der Waals surface area contributed by atoms with Gasteiger partial charge in [0.15, 0.2) is 0 Å². The molecule has 0 saturated heterocycles. The normalized spacial score (nSPS) is 12.4. The molecule has 118 valence electrons. The summed E-state index contributed by atoms with van der Waals surface area (Å²) in [5.74, 6) is 1.63. The van der Waals surface area contributed by atoms with Crippen LogP contribution >= 0.6 is 0 Å². The molecule has 22 heavy (non-hydrogen) atoms. The Kier molecular flexibility index (Phi) is 5.45. The van der Waals surface area contributed by atoms with Crippen LogP contribution in [0.5, 0.6) is 11.5 Å². The molecule has 0 fully saturated rings. The van der Waals surface area contributed by atoms with Crippen molar-refractivity contribution >= 4 is 0 Å². The number of benzene rings is 2. The summed E-state index contributed by atoms with van der Waals surface area (Å²) >= 11 is 0. The van der Waals surface area contributed by atoms with Crippen LogP contribution in [0.15, 0.2) is 42.5 Å². The maximum absolute atomic E-state index is 9.99. The zero-order valence-corrected chi connectivity index (χ0v) is 13.8. The smallest absolute Gasteiger partial charge is 0.123 e. The van der Waals surface area contributed by atoms with E-state index in [1.165, 1.54) is 0 Å². The SMILES string of the molecule is COc1ccccc1[C@@H](NCc1cc(C)ccc1O)C(C)C. The van der Waals surface area contributed by atoms with Gasteiger partial charge in [0, 0.05) is 23.7 Å². The van der Waals surface area contributed by atoms with Crippen LogP contribution in [0.2, 0.25) is 0 Å². The number of hydrogen-bond donors (Lipinski definition) is 2. The Labute approximate surface area is 133 Å². The van der Waals surface area contributed by atoms with Gasteiger partial charge in [0.2, 0.25) is 0 Å². The summed E-state index contributed by atoms with van der Waals surface area (Å²) in [6.45, 7) is 7.01. The third kappa shape index (κ3) is 3.80. The molecule has 2 N–H and O–H groups in total. The van der Waals surface area contributed by atoms with E-state index in [2.05, 4.69) is 25.2 Å². The predicted molar refractivity (Wildman–Crippen MR) is 90.3 cm³/mol. The molecule has 0 aliphatic heterocycles. The van der Waals surface area contributed by atoms with Gasteiger partial charge in [-0.05, 0) is 25.0 Å². The van der Waals surface area contributed by atoms with Crippen LogP contribution in [0.4, 0.5) is 0 Å². The summed E-state index contributed by atoms with van der Waals surface area (Å²) in [6.07, 6.45) is 0. The quantitative estimate of drug-likeness (QED) is 0.840. The molecule has 0 radical (unpaired) electrons. The van der Waals surface area contributed by atoms with Gasteiger partial charge in [-0.1, -0.05) is 49.7 Å². The number of nitrogens with one attached hydrogen (secondary N) is 1. The van der Waals surface area contributed by atoms with E-state index >= 15 is 0 Å². The van der Waals surface area contributed by atoms with Gasteiger partial charge in [0.25, 0.3) is 0 Å². The van der Waals surface area contributed by atoms with Crippen molar-refractivity contribution in [2.45, 2.75) is 33.4 Å². The van der Waals surface area contributed by atoms with E-state index in [4.69, 9.17) is 4.74 Å². The first-order valence-electron chi connectivity index (χ1n) is 7.67. The fraction of sp³-hybridized carbons (Fsp3) is 0.368. The molecule has 0 aliphatic carbocycles. The van der Waals surface area contributed by atoms with Crippen molar-refractivity contribution in [1.82, 2.24) is 5.32 Å². The standard InChI is InChI=1S/C19H25NO2/c1-13(2)19(16-7-5-6-8-18(16)22-4)20-12-15-11-14(3)9-10-17(15)21/h5-11,13,19-21H,12H2,1-4H3/t19-/m0/s1. The van der Waals surface area contributed by atoms with E-state index in [1.807, 2.05) is 37.3 Å². The zero-order chi connectivity index (χ0) is 16.1. The number of rotatable bonds is 6. The lowest BCUT2D eigenvalue weighted by atomic mass is 9.94. The van der Waals surface area contributed by atoms with E-state index in [0.717, 1.165) is 22.4 Å². The molecular formula is C19H25NO2. The molecule has 2 aromatic rings. The number of phenols is 1. The monoisotopic (exact) mass is 299 g/mol. The van der Waals surface area contributed by atoms with E-state index in [0.29, 0.717) is 18.2 Å². The minimum atomic E-state index is 0.163. The van der Waals surface area contributed by atoms with E-state index < -0.39 is 0 Å². The molecule has 0 unspecified atom stereocenters. The van der Waals surface area contributed by atoms with Gasteiger partial charge in [-0.3, -0.25) is 0 Å². The van der Waals surface area contributed by atoms with Gasteiger partial charge >= 0.3 is 0 Å². The molecule has 2 aromatic carbocycles. The number of aryl methyl sites for hydroxylation is 1. The Morgan fingerprint density at radius 1 is 1.14 bits per heavy atom. The Morgan fingerprint density at radius 2 is 1.86 bits per heavy atom. The average molecular weight is 299 g/mol. The second-order valence-corrected chi connectivity index (χ2v) is 5.98. The summed E-state index contributed by atoms with van der Waals surface area (Å²) in [5.41, 5.74) is 3.21. The lowest BCUT2D eigenvalue weighted by Gasteiger charge is -2.25. The summed E-state index contributed by atoms with van der Waals surface area (Å²) in [6, 6.07) is 13.9. The minimum absolute atomic E-state index is 0.163. The Balaban J connectivity index is 2.21. The van der Waals surface area contributed by atoms with E-state index in [-0.39, 0.29) is 6.04 Å². The molecule has 3 heteroatoms. The van der Waals surface area contributed by atoms with E-state index in [1.54, 1.807) is 13.2 Å². The molecule has 0 spiro atoms. The third-order valence-electron chi connectivity index (χ3n) is 3.89. The lowest BCUT2D eigenvalue weighted by Crippen LogP contribution is -2.26. The molecule has 0 saturated carbocycles. The molecule has 3 nitrogen and oxygen atoms in total. The van der Waals surface area contributed by atoms with Crippen LogP contribution in [0.3, 0.4) is 0 Å². The van der Waals surface area contributed by atoms with Crippen LogP contribution < -0.4 is 10.1 Å². The first-order valence-corrected chi connectivity index (χ1v) is 7.67. The molecular weight excluding hydrogens is 274 g/mol. The van der Waals surface area contributed by atoms with Crippen molar-refractivity contribution in [2.24, 2.45) is 5.92 Å². The van der Waals surface area contributed by atoms with Crippen molar-refractivity contribution in [3.05, 3.63) is 59.2 Å². The number of hydrogen-bond acceptors (Lipinski definition) is 3. The van der Waals surface area contributed by atoms with Gasteiger partial charge in [-0.25, -0.2) is 0 Å². The second kappa shape index (κ2) is 7.32. The van der Waals surface area contributed by atoms with Crippen molar-refractivity contribution in [3.8, 4) is 11.5 Å². The second-order valence-electron chi connectivity index (χ2n) is 5.98. The first-order chi connectivity index (χ1) is 10.5. The first kappa shape index (κ1) is 16.4. The summed E-state index contributed by atoms with van der Waals surface area (Å²) in [7, 11) is 1.70. The number of phenolic OH excluding ortho intramolecular Hbond substituents is 1. The molecule has 0 heterocycles. The highest BCUT2D eigenvalue weighted by atomic mass is 16.5. The Hall–Kier alpha value is -2.00. The van der Waals surface area contributed by atoms with Crippen molar-refractivity contribution in [2.75, 3.05) is 7.11 Å². The van der Waals surface area contributed by atoms with Crippen molar-refractivity contribution in [1.29, 1.82) is 0 Å². The molecule has 2 rings (SSSR count). The highest BCUT2D eigenvalue weighted by molar-refractivity contribution is 5.38. The maximum atomic E-state index is 9.99. The van der Waals surface area contributed by atoms with Gasteiger partial charge in [-0.15, -0.1) is 0 Å². The number of ether oxygens (including phenoxy) is 1. The Morgan fingerprint density at radius 3 is 2.55 bits per heavy atom. The molecule has 0 aliphatic rings. The van der Waals surface area contributed by atoms with Crippen LogP contribution in [-0.2, 0) is 6.54 Å². The number of aromatic hydroxyl groups is 1.